The van der Waals surface area contributed by atoms with Crippen LogP contribution in [-0.4, -0.2) is 75.7 Å². The Morgan fingerprint density at radius 2 is 1.57 bits per heavy atom. The molecule has 2 heterocycles. The van der Waals surface area contributed by atoms with Crippen molar-refractivity contribution in [2.75, 3.05) is 37.7 Å². The van der Waals surface area contributed by atoms with Gasteiger partial charge in [-0.15, -0.1) is 0 Å². The van der Waals surface area contributed by atoms with Crippen LogP contribution in [0, 0.1) is 0 Å². The molecule has 2 aliphatic rings. The quantitative estimate of drug-likeness (QED) is 0.152. The number of carbonyl (C=O) groups excluding carboxylic acids is 4. The lowest BCUT2D eigenvalue weighted by Crippen LogP contribution is -2.47. The Bertz CT molecular complexity index is 1490. The summed E-state index contributed by atoms with van der Waals surface area (Å²) < 4.78 is 5.76. The van der Waals surface area contributed by atoms with Crippen molar-refractivity contribution in [1.29, 1.82) is 0 Å². The Morgan fingerprint density at radius 1 is 0.905 bits per heavy atom. The summed E-state index contributed by atoms with van der Waals surface area (Å²) in [4.78, 5) is 56.4. The fraction of sp³-hybridized carbons (Fsp3) is 0.258. The van der Waals surface area contributed by atoms with E-state index in [0.29, 0.717) is 10.0 Å². The molecule has 0 bridgehead atoms. The number of thiocarbonyl (C=S) groups is 1. The number of ether oxygens (including phenoxy) is 1. The summed E-state index contributed by atoms with van der Waals surface area (Å²) in [6.45, 7) is 3.67. The van der Waals surface area contributed by atoms with Gasteiger partial charge in [-0.3, -0.25) is 19.3 Å². The molecule has 2 amide bonds. The molecule has 0 aliphatic carbocycles. The molecule has 0 spiro atoms. The van der Waals surface area contributed by atoms with Crippen LogP contribution in [0.3, 0.4) is 0 Å². The minimum Gasteiger partial charge on any atom is -0.454 e. The van der Waals surface area contributed by atoms with Crippen LogP contribution >= 0.6 is 35.6 Å². The van der Waals surface area contributed by atoms with E-state index in [-0.39, 0.29) is 34.4 Å². The van der Waals surface area contributed by atoms with Gasteiger partial charge >= 0.3 is 5.97 Å². The Hall–Kier alpha value is -3.57. The number of thioether (sulfide) groups is 1. The number of benzene rings is 3. The van der Waals surface area contributed by atoms with Gasteiger partial charge in [-0.2, -0.15) is 0 Å². The largest absolute Gasteiger partial charge is 0.454 e. The third-order valence-electron chi connectivity index (χ3n) is 7.10. The molecular weight excluding hydrogens is 594 g/mol. The number of carbonyl (C=O) groups is 4. The predicted octanol–water partition coefficient (Wildman–Crippen LogP) is 4.85. The number of anilines is 1. The highest BCUT2D eigenvalue weighted by molar-refractivity contribution is 8.23. The number of Topliss-reactive ketones (excluding diaryl/α,β-unsaturated/α-hetero) is 1. The van der Waals surface area contributed by atoms with Crippen molar-refractivity contribution in [3.8, 4) is 0 Å². The third-order valence-corrected chi connectivity index (χ3v) is 9.09. The Balaban J connectivity index is 1.12. The highest BCUT2D eigenvalue weighted by Gasteiger charge is 2.41. The lowest BCUT2D eigenvalue weighted by Gasteiger charge is -2.36. The van der Waals surface area contributed by atoms with E-state index in [9.17, 15) is 19.2 Å². The standard InChI is InChI=1S/C31H28ClN3O5S2/c32-25-9-5-4-8-24(25)26(36)20-40-30(39)22-10-12-23(13-11-22)35-28(37)18-27(29(35)38)42-31(41)34-16-14-33(15-17-34)19-21-6-2-1-3-7-21/h1-13,27H,14-20H2/t27-/m1/s1. The van der Waals surface area contributed by atoms with E-state index in [2.05, 4.69) is 21.9 Å². The van der Waals surface area contributed by atoms with Gasteiger partial charge in [0, 0.05) is 44.7 Å². The highest BCUT2D eigenvalue weighted by atomic mass is 35.5. The van der Waals surface area contributed by atoms with E-state index in [1.165, 1.54) is 41.6 Å². The summed E-state index contributed by atoms with van der Waals surface area (Å²) >= 11 is 12.9. The molecule has 216 valence electrons. The minimum atomic E-state index is -0.705. The molecule has 0 aromatic heterocycles. The molecule has 8 nitrogen and oxygen atoms in total. The molecule has 2 fully saturated rings. The fourth-order valence-electron chi connectivity index (χ4n) is 4.82. The molecule has 3 aromatic rings. The number of piperazine rings is 1. The molecular formula is C31H28ClN3O5S2. The molecule has 0 unspecified atom stereocenters. The van der Waals surface area contributed by atoms with Crippen LogP contribution in [0.15, 0.2) is 78.9 Å². The second kappa shape index (κ2) is 13.6. The first kappa shape index (κ1) is 29.9. The number of halogens is 1. The topological polar surface area (TPSA) is 87.2 Å². The first-order valence-electron chi connectivity index (χ1n) is 13.4. The number of hydrogen-bond donors (Lipinski definition) is 0. The van der Waals surface area contributed by atoms with Gasteiger partial charge in [0.05, 0.1) is 16.3 Å². The van der Waals surface area contributed by atoms with Crippen LogP contribution in [0.4, 0.5) is 5.69 Å². The summed E-state index contributed by atoms with van der Waals surface area (Å²) in [5, 5.41) is -0.325. The van der Waals surface area contributed by atoms with E-state index in [4.69, 9.17) is 28.6 Å². The van der Waals surface area contributed by atoms with Gasteiger partial charge in [0.25, 0.3) is 0 Å². The van der Waals surface area contributed by atoms with Gasteiger partial charge in [0.1, 0.15) is 9.57 Å². The van der Waals surface area contributed by atoms with Crippen molar-refractivity contribution in [2.24, 2.45) is 0 Å². The molecule has 11 heteroatoms. The van der Waals surface area contributed by atoms with E-state index in [1.54, 1.807) is 24.3 Å². The fourth-order valence-corrected chi connectivity index (χ4v) is 6.60. The summed E-state index contributed by atoms with van der Waals surface area (Å²) in [6.07, 6.45) is 0.0472. The molecule has 0 radical (unpaired) electrons. The zero-order valence-corrected chi connectivity index (χ0v) is 25.0. The van der Waals surface area contributed by atoms with Crippen molar-refractivity contribution >= 4 is 69.2 Å². The predicted molar refractivity (Wildman–Crippen MR) is 167 cm³/mol. The van der Waals surface area contributed by atoms with Gasteiger partial charge in [-0.05, 0) is 42.0 Å². The van der Waals surface area contributed by atoms with Crippen LogP contribution in [0.25, 0.3) is 0 Å². The lowest BCUT2D eigenvalue weighted by atomic mass is 10.1. The first-order valence-corrected chi connectivity index (χ1v) is 15.1. The average Bonchev–Trinajstić information content (AvgIpc) is 3.28. The molecule has 2 saturated heterocycles. The summed E-state index contributed by atoms with van der Waals surface area (Å²) in [6, 6.07) is 22.8. The van der Waals surface area contributed by atoms with Crippen molar-refractivity contribution in [1.82, 2.24) is 9.80 Å². The molecule has 42 heavy (non-hydrogen) atoms. The van der Waals surface area contributed by atoms with Crippen LogP contribution in [-0.2, 0) is 20.9 Å². The van der Waals surface area contributed by atoms with Crippen LogP contribution in [0.5, 0.6) is 0 Å². The van der Waals surface area contributed by atoms with Crippen LogP contribution in [0.1, 0.15) is 32.7 Å². The van der Waals surface area contributed by atoms with Crippen LogP contribution in [0.2, 0.25) is 5.02 Å². The number of ketones is 1. The summed E-state index contributed by atoms with van der Waals surface area (Å²) in [5.41, 5.74) is 2.08. The molecule has 0 saturated carbocycles. The number of imide groups is 1. The Kier molecular flexibility index (Phi) is 9.69. The van der Waals surface area contributed by atoms with Crippen molar-refractivity contribution < 1.29 is 23.9 Å². The molecule has 1 atom stereocenters. The molecule has 5 rings (SSSR count). The van der Waals surface area contributed by atoms with Gasteiger partial charge in [-0.25, -0.2) is 9.69 Å². The summed E-state index contributed by atoms with van der Waals surface area (Å²) in [7, 11) is 0. The molecule has 3 aromatic carbocycles. The SMILES string of the molecule is O=C(OCC(=O)c1ccccc1Cl)c1ccc(N2C(=O)C[C@@H](SC(=S)N3CCN(Cc4ccccc4)CC3)C2=O)cc1. The minimum absolute atomic E-state index is 0.0472. The zero-order chi connectivity index (χ0) is 29.6. The van der Waals surface area contributed by atoms with E-state index in [0.717, 1.165) is 37.6 Å². The van der Waals surface area contributed by atoms with Crippen molar-refractivity contribution in [3.63, 3.8) is 0 Å². The molecule has 0 N–H and O–H groups in total. The van der Waals surface area contributed by atoms with E-state index in [1.807, 2.05) is 18.2 Å². The van der Waals surface area contributed by atoms with Gasteiger partial charge < -0.3 is 9.64 Å². The monoisotopic (exact) mass is 621 g/mol. The zero-order valence-electron chi connectivity index (χ0n) is 22.6. The third kappa shape index (κ3) is 7.07. The Morgan fingerprint density at radius 3 is 2.26 bits per heavy atom. The normalized spacial score (nSPS) is 17.4. The maximum atomic E-state index is 13.2. The van der Waals surface area contributed by atoms with Gasteiger partial charge in [0.15, 0.2) is 6.61 Å². The number of hydrogen-bond acceptors (Lipinski definition) is 8. The maximum Gasteiger partial charge on any atom is 0.338 e. The number of nitrogens with zero attached hydrogens (tertiary/aromatic N) is 3. The number of esters is 1. The smallest absolute Gasteiger partial charge is 0.338 e. The van der Waals surface area contributed by atoms with E-state index >= 15 is 0 Å². The second-order valence-corrected chi connectivity index (χ2v) is 12.2. The van der Waals surface area contributed by atoms with Gasteiger partial charge in [0.2, 0.25) is 17.6 Å². The Labute approximate surface area is 258 Å². The summed E-state index contributed by atoms with van der Waals surface area (Å²) in [5.74, 6) is -1.79. The van der Waals surface area contributed by atoms with Gasteiger partial charge in [-0.1, -0.05) is 78.0 Å². The second-order valence-electron chi connectivity index (χ2n) is 9.92. The number of amides is 2. The highest BCUT2D eigenvalue weighted by Crippen LogP contribution is 2.32. The average molecular weight is 622 g/mol. The van der Waals surface area contributed by atoms with Crippen molar-refractivity contribution in [2.45, 2.75) is 18.2 Å². The maximum absolute atomic E-state index is 13.2. The van der Waals surface area contributed by atoms with Crippen LogP contribution < -0.4 is 4.90 Å². The number of rotatable bonds is 8. The lowest BCUT2D eigenvalue weighted by molar-refractivity contribution is -0.121. The first-order chi connectivity index (χ1) is 20.3. The molecule has 2 aliphatic heterocycles. The van der Waals surface area contributed by atoms with Crippen molar-refractivity contribution in [3.05, 3.63) is 101 Å². The van der Waals surface area contributed by atoms with E-state index < -0.39 is 23.6 Å².